The summed E-state index contributed by atoms with van der Waals surface area (Å²) in [6.07, 6.45) is 1.69. The third-order valence-corrected chi connectivity index (χ3v) is 2.72. The van der Waals surface area contributed by atoms with E-state index >= 15 is 0 Å². The number of hydrogen-bond donors (Lipinski definition) is 1. The summed E-state index contributed by atoms with van der Waals surface area (Å²) in [5, 5.41) is 8.04. The Hall–Kier alpha value is -1.88. The molecule has 1 aromatic carbocycles. The molecule has 0 aliphatic heterocycles. The monoisotopic (exact) mass is 232 g/mol. The van der Waals surface area contributed by atoms with E-state index in [4.69, 9.17) is 10.5 Å². The van der Waals surface area contributed by atoms with E-state index in [0.717, 1.165) is 22.6 Å². The minimum atomic E-state index is 0.622. The van der Waals surface area contributed by atoms with Gasteiger partial charge in [0, 0.05) is 24.9 Å². The SMILES string of the molecule is COCCn1cnnc1-c1cccc(C)c1N. The van der Waals surface area contributed by atoms with Gasteiger partial charge >= 0.3 is 0 Å². The van der Waals surface area contributed by atoms with Crippen LogP contribution in [0.5, 0.6) is 0 Å². The van der Waals surface area contributed by atoms with Crippen LogP contribution in [0.2, 0.25) is 0 Å². The summed E-state index contributed by atoms with van der Waals surface area (Å²) in [7, 11) is 1.67. The molecular formula is C12H16N4O. The third kappa shape index (κ3) is 2.29. The second-order valence-corrected chi connectivity index (χ2v) is 3.88. The third-order valence-electron chi connectivity index (χ3n) is 2.72. The summed E-state index contributed by atoms with van der Waals surface area (Å²) < 4.78 is 6.99. The molecule has 0 saturated carbocycles. The number of ether oxygens (including phenoxy) is 1. The van der Waals surface area contributed by atoms with Crippen molar-refractivity contribution < 1.29 is 4.74 Å². The zero-order valence-corrected chi connectivity index (χ0v) is 10.1. The topological polar surface area (TPSA) is 66.0 Å². The van der Waals surface area contributed by atoms with E-state index in [1.165, 1.54) is 0 Å². The maximum absolute atomic E-state index is 6.06. The first kappa shape index (κ1) is 11.6. The van der Waals surface area contributed by atoms with Crippen molar-refractivity contribution in [1.29, 1.82) is 0 Å². The lowest BCUT2D eigenvalue weighted by molar-refractivity contribution is 0.187. The number of aromatic nitrogens is 3. The van der Waals surface area contributed by atoms with Gasteiger partial charge in [-0.1, -0.05) is 12.1 Å². The van der Waals surface area contributed by atoms with Crippen molar-refractivity contribution >= 4 is 5.69 Å². The summed E-state index contributed by atoms with van der Waals surface area (Å²) >= 11 is 0. The predicted octanol–water partition coefficient (Wildman–Crippen LogP) is 1.48. The van der Waals surface area contributed by atoms with Crippen molar-refractivity contribution in [2.24, 2.45) is 0 Å². The molecule has 2 rings (SSSR count). The van der Waals surface area contributed by atoms with Crippen LogP contribution in [0.15, 0.2) is 24.5 Å². The van der Waals surface area contributed by atoms with Gasteiger partial charge < -0.3 is 15.0 Å². The second-order valence-electron chi connectivity index (χ2n) is 3.88. The van der Waals surface area contributed by atoms with E-state index in [1.807, 2.05) is 29.7 Å². The maximum atomic E-state index is 6.06. The number of rotatable bonds is 4. The zero-order valence-electron chi connectivity index (χ0n) is 10.1. The summed E-state index contributed by atoms with van der Waals surface area (Å²) in [6.45, 7) is 3.32. The zero-order chi connectivity index (χ0) is 12.3. The first-order chi connectivity index (χ1) is 8.24. The number of nitrogens with zero attached hydrogens (tertiary/aromatic N) is 3. The molecular weight excluding hydrogens is 216 g/mol. The van der Waals surface area contributed by atoms with Crippen LogP contribution in [0.4, 0.5) is 5.69 Å². The first-order valence-corrected chi connectivity index (χ1v) is 5.46. The van der Waals surface area contributed by atoms with E-state index in [1.54, 1.807) is 13.4 Å². The molecule has 0 fully saturated rings. The number of para-hydroxylation sites is 1. The highest BCUT2D eigenvalue weighted by Crippen LogP contribution is 2.26. The number of benzene rings is 1. The first-order valence-electron chi connectivity index (χ1n) is 5.46. The summed E-state index contributed by atoms with van der Waals surface area (Å²) in [5.41, 5.74) is 8.77. The van der Waals surface area contributed by atoms with E-state index in [-0.39, 0.29) is 0 Å². The fourth-order valence-corrected chi connectivity index (χ4v) is 1.69. The number of aryl methyl sites for hydroxylation is 1. The van der Waals surface area contributed by atoms with Gasteiger partial charge in [-0.2, -0.15) is 0 Å². The van der Waals surface area contributed by atoms with Crippen molar-refractivity contribution in [1.82, 2.24) is 14.8 Å². The van der Waals surface area contributed by atoms with Crippen LogP contribution in [-0.4, -0.2) is 28.5 Å². The lowest BCUT2D eigenvalue weighted by Gasteiger charge is -2.09. The molecule has 1 aromatic heterocycles. The lowest BCUT2D eigenvalue weighted by Crippen LogP contribution is -2.06. The molecule has 2 N–H and O–H groups in total. The summed E-state index contributed by atoms with van der Waals surface area (Å²) in [4.78, 5) is 0. The summed E-state index contributed by atoms with van der Waals surface area (Å²) in [5.74, 6) is 0.781. The Labute approximate surface area is 100 Å². The number of nitrogen functional groups attached to an aromatic ring is 1. The van der Waals surface area contributed by atoms with Crippen molar-refractivity contribution in [3.63, 3.8) is 0 Å². The quantitative estimate of drug-likeness (QED) is 0.811. The molecule has 0 amide bonds. The van der Waals surface area contributed by atoms with Crippen molar-refractivity contribution in [3.8, 4) is 11.4 Å². The van der Waals surface area contributed by atoms with Gasteiger partial charge in [0.25, 0.3) is 0 Å². The average Bonchev–Trinajstić information content (AvgIpc) is 2.78. The molecule has 0 spiro atoms. The Balaban J connectivity index is 2.39. The second kappa shape index (κ2) is 4.97. The molecule has 2 aromatic rings. The molecule has 0 aliphatic rings. The minimum absolute atomic E-state index is 0.622. The number of nitrogens with two attached hydrogens (primary N) is 1. The van der Waals surface area contributed by atoms with Crippen molar-refractivity contribution in [2.75, 3.05) is 19.5 Å². The van der Waals surface area contributed by atoms with E-state index in [9.17, 15) is 0 Å². The maximum Gasteiger partial charge on any atom is 0.165 e. The van der Waals surface area contributed by atoms with E-state index < -0.39 is 0 Å². The highest BCUT2D eigenvalue weighted by atomic mass is 16.5. The largest absolute Gasteiger partial charge is 0.398 e. The van der Waals surface area contributed by atoms with Crippen LogP contribution in [0.3, 0.4) is 0 Å². The Kier molecular flexibility index (Phi) is 3.39. The fraction of sp³-hybridized carbons (Fsp3) is 0.333. The van der Waals surface area contributed by atoms with Crippen molar-refractivity contribution in [3.05, 3.63) is 30.1 Å². The van der Waals surface area contributed by atoms with Crippen molar-refractivity contribution in [2.45, 2.75) is 13.5 Å². The van der Waals surface area contributed by atoms with Gasteiger partial charge in [0.2, 0.25) is 0 Å². The van der Waals surface area contributed by atoms with Crippen LogP contribution in [-0.2, 0) is 11.3 Å². The van der Waals surface area contributed by atoms with Gasteiger partial charge in [-0.25, -0.2) is 0 Å². The number of hydrogen-bond acceptors (Lipinski definition) is 4. The van der Waals surface area contributed by atoms with Crippen LogP contribution in [0, 0.1) is 6.92 Å². The Morgan fingerprint density at radius 1 is 1.41 bits per heavy atom. The molecule has 1 heterocycles. The molecule has 0 unspecified atom stereocenters. The average molecular weight is 232 g/mol. The van der Waals surface area contributed by atoms with Crippen LogP contribution in [0.1, 0.15) is 5.56 Å². The highest BCUT2D eigenvalue weighted by molar-refractivity contribution is 5.74. The molecule has 0 bridgehead atoms. The normalized spacial score (nSPS) is 10.7. The Morgan fingerprint density at radius 3 is 3.00 bits per heavy atom. The Morgan fingerprint density at radius 2 is 2.24 bits per heavy atom. The highest BCUT2D eigenvalue weighted by Gasteiger charge is 2.11. The van der Waals surface area contributed by atoms with Gasteiger partial charge in [-0.15, -0.1) is 10.2 Å². The van der Waals surface area contributed by atoms with Gasteiger partial charge in [-0.3, -0.25) is 0 Å². The molecule has 0 saturated heterocycles. The molecule has 5 nitrogen and oxygen atoms in total. The molecule has 5 heteroatoms. The minimum Gasteiger partial charge on any atom is -0.398 e. The van der Waals surface area contributed by atoms with Crippen LogP contribution < -0.4 is 5.73 Å². The van der Waals surface area contributed by atoms with Crippen LogP contribution in [0.25, 0.3) is 11.4 Å². The fourth-order valence-electron chi connectivity index (χ4n) is 1.69. The Bertz CT molecular complexity index is 507. The standard InChI is InChI=1S/C12H16N4O/c1-9-4-3-5-10(11(9)13)12-15-14-8-16(12)6-7-17-2/h3-5,8H,6-7,13H2,1-2H3. The molecule has 0 aliphatic carbocycles. The van der Waals surface area contributed by atoms with Gasteiger partial charge in [0.1, 0.15) is 6.33 Å². The predicted molar refractivity (Wildman–Crippen MR) is 66.5 cm³/mol. The molecule has 0 atom stereocenters. The number of methoxy groups -OCH3 is 1. The molecule has 90 valence electrons. The smallest absolute Gasteiger partial charge is 0.165 e. The molecule has 17 heavy (non-hydrogen) atoms. The summed E-state index contributed by atoms with van der Waals surface area (Å²) in [6, 6.07) is 5.90. The van der Waals surface area contributed by atoms with Gasteiger partial charge in [0.05, 0.1) is 6.61 Å². The van der Waals surface area contributed by atoms with Gasteiger partial charge in [0.15, 0.2) is 5.82 Å². The van der Waals surface area contributed by atoms with Gasteiger partial charge in [-0.05, 0) is 18.6 Å². The molecule has 0 radical (unpaired) electrons. The van der Waals surface area contributed by atoms with E-state index in [2.05, 4.69) is 10.2 Å². The lowest BCUT2D eigenvalue weighted by atomic mass is 10.1. The van der Waals surface area contributed by atoms with E-state index in [0.29, 0.717) is 13.2 Å². The number of anilines is 1. The van der Waals surface area contributed by atoms with Crippen LogP contribution >= 0.6 is 0 Å².